The van der Waals surface area contributed by atoms with Gasteiger partial charge in [0.15, 0.2) is 0 Å². The Morgan fingerprint density at radius 3 is 2.59 bits per heavy atom. The molecule has 0 aromatic rings. The minimum Gasteiger partial charge on any atom is -0.480 e. The monoisotopic (exact) mass is 245 g/mol. The highest BCUT2D eigenvalue weighted by molar-refractivity contribution is 5.78. The van der Waals surface area contributed by atoms with Gasteiger partial charge in [0, 0.05) is 0 Å². The van der Waals surface area contributed by atoms with Crippen LogP contribution in [0.25, 0.3) is 0 Å². The van der Waals surface area contributed by atoms with E-state index in [4.69, 9.17) is 5.11 Å². The molecule has 2 unspecified atom stereocenters. The third-order valence-electron chi connectivity index (χ3n) is 2.78. The third kappa shape index (κ3) is 5.65. The number of aliphatic hydroxyl groups is 1. The van der Waals surface area contributed by atoms with Crippen LogP contribution >= 0.6 is 0 Å². The van der Waals surface area contributed by atoms with Gasteiger partial charge in [0.25, 0.3) is 0 Å². The molecule has 98 valence electrons. The topological polar surface area (TPSA) is 95.9 Å². The zero-order chi connectivity index (χ0) is 12.7. The van der Waals surface area contributed by atoms with Crippen molar-refractivity contribution in [1.29, 1.82) is 0 Å². The van der Waals surface area contributed by atoms with Gasteiger partial charge in [-0.15, -0.1) is 0 Å². The van der Waals surface area contributed by atoms with Crippen molar-refractivity contribution in [1.82, 2.24) is 5.32 Å². The van der Waals surface area contributed by atoms with Crippen molar-refractivity contribution in [2.24, 2.45) is 0 Å². The predicted octanol–water partition coefficient (Wildman–Crippen LogP) is -0.103. The van der Waals surface area contributed by atoms with Gasteiger partial charge in [-0.3, -0.25) is 4.79 Å². The van der Waals surface area contributed by atoms with E-state index in [9.17, 15) is 14.7 Å². The molecule has 1 saturated carbocycles. The summed E-state index contributed by atoms with van der Waals surface area (Å²) in [5, 5.41) is 20.8. The number of carboxylic acids is 1. The fourth-order valence-corrected chi connectivity index (χ4v) is 1.94. The quantitative estimate of drug-likeness (QED) is 0.588. The van der Waals surface area contributed by atoms with Gasteiger partial charge < -0.3 is 20.3 Å². The average molecular weight is 245 g/mol. The first kappa shape index (κ1) is 13.9. The number of rotatable bonds is 5. The van der Waals surface area contributed by atoms with E-state index >= 15 is 0 Å². The van der Waals surface area contributed by atoms with Crippen LogP contribution in [0, 0.1) is 0 Å². The SMILES string of the molecule is O=C(O)COCC(=O)NC1CCCCCC1O. The van der Waals surface area contributed by atoms with Gasteiger partial charge in [0.1, 0.15) is 13.2 Å². The molecular weight excluding hydrogens is 226 g/mol. The van der Waals surface area contributed by atoms with Gasteiger partial charge in [0.2, 0.25) is 5.91 Å². The summed E-state index contributed by atoms with van der Waals surface area (Å²) in [6, 6.07) is -0.238. The molecule has 0 aromatic heterocycles. The maximum atomic E-state index is 11.4. The number of amides is 1. The number of carbonyl (C=O) groups excluding carboxylic acids is 1. The van der Waals surface area contributed by atoms with E-state index < -0.39 is 18.7 Å². The Kier molecular flexibility index (Phi) is 5.93. The van der Waals surface area contributed by atoms with Crippen LogP contribution in [0.3, 0.4) is 0 Å². The van der Waals surface area contributed by atoms with Crippen molar-refractivity contribution in [3.8, 4) is 0 Å². The fourth-order valence-electron chi connectivity index (χ4n) is 1.94. The van der Waals surface area contributed by atoms with Gasteiger partial charge in [-0.25, -0.2) is 4.79 Å². The molecule has 1 fully saturated rings. The summed E-state index contributed by atoms with van der Waals surface area (Å²) < 4.78 is 4.67. The standard InChI is InChI=1S/C11H19NO5/c13-9-5-3-1-2-4-8(9)12-10(14)6-17-7-11(15)16/h8-9,13H,1-7H2,(H,12,14)(H,15,16). The van der Waals surface area contributed by atoms with Crippen molar-refractivity contribution < 1.29 is 24.5 Å². The molecule has 0 spiro atoms. The van der Waals surface area contributed by atoms with Crippen LogP contribution in [-0.2, 0) is 14.3 Å². The lowest BCUT2D eigenvalue weighted by Gasteiger charge is -2.21. The van der Waals surface area contributed by atoms with Crippen molar-refractivity contribution in [3.05, 3.63) is 0 Å². The molecule has 17 heavy (non-hydrogen) atoms. The molecular formula is C11H19NO5. The van der Waals surface area contributed by atoms with Crippen LogP contribution in [0.2, 0.25) is 0 Å². The second-order valence-electron chi connectivity index (χ2n) is 4.27. The molecule has 1 aliphatic carbocycles. The highest BCUT2D eigenvalue weighted by Crippen LogP contribution is 2.17. The average Bonchev–Trinajstić information content (AvgIpc) is 2.44. The van der Waals surface area contributed by atoms with E-state index in [1.165, 1.54) is 0 Å². The summed E-state index contributed by atoms with van der Waals surface area (Å²) in [6.45, 7) is -0.768. The molecule has 0 saturated heterocycles. The van der Waals surface area contributed by atoms with E-state index in [-0.39, 0.29) is 18.6 Å². The lowest BCUT2D eigenvalue weighted by atomic mass is 10.1. The van der Waals surface area contributed by atoms with E-state index in [0.29, 0.717) is 6.42 Å². The summed E-state index contributed by atoms with van der Waals surface area (Å²) in [4.78, 5) is 21.6. The van der Waals surface area contributed by atoms with Crippen LogP contribution in [0.15, 0.2) is 0 Å². The zero-order valence-corrected chi connectivity index (χ0v) is 9.72. The number of hydrogen-bond acceptors (Lipinski definition) is 4. The first-order valence-corrected chi connectivity index (χ1v) is 5.86. The molecule has 0 bridgehead atoms. The number of carboxylic acid groups (broad SMARTS) is 1. The fraction of sp³-hybridized carbons (Fsp3) is 0.818. The Morgan fingerprint density at radius 2 is 1.88 bits per heavy atom. The molecule has 1 rings (SSSR count). The summed E-state index contributed by atoms with van der Waals surface area (Å²) in [5.74, 6) is -1.48. The Labute approximate surface area is 100.0 Å². The van der Waals surface area contributed by atoms with Crippen molar-refractivity contribution in [3.63, 3.8) is 0 Å². The Balaban J connectivity index is 2.26. The van der Waals surface area contributed by atoms with Crippen molar-refractivity contribution >= 4 is 11.9 Å². The summed E-state index contributed by atoms with van der Waals surface area (Å²) in [6.07, 6.45) is 3.97. The lowest BCUT2D eigenvalue weighted by Crippen LogP contribution is -2.44. The van der Waals surface area contributed by atoms with Crippen molar-refractivity contribution in [2.45, 2.75) is 44.2 Å². The van der Waals surface area contributed by atoms with Crippen LogP contribution in [0.1, 0.15) is 32.1 Å². The minimum atomic E-state index is -1.10. The normalized spacial score (nSPS) is 25.0. The van der Waals surface area contributed by atoms with Crippen LogP contribution in [0.5, 0.6) is 0 Å². The highest BCUT2D eigenvalue weighted by Gasteiger charge is 2.22. The molecule has 0 radical (unpaired) electrons. The molecule has 6 heteroatoms. The molecule has 3 N–H and O–H groups in total. The number of carbonyl (C=O) groups is 2. The van der Waals surface area contributed by atoms with Crippen LogP contribution < -0.4 is 5.32 Å². The minimum absolute atomic E-state index is 0.238. The smallest absolute Gasteiger partial charge is 0.329 e. The lowest BCUT2D eigenvalue weighted by molar-refractivity contribution is -0.143. The van der Waals surface area contributed by atoms with Gasteiger partial charge >= 0.3 is 5.97 Å². The first-order chi connectivity index (χ1) is 8.09. The Bertz CT molecular complexity index is 269. The Morgan fingerprint density at radius 1 is 1.18 bits per heavy atom. The molecule has 0 heterocycles. The van der Waals surface area contributed by atoms with Crippen molar-refractivity contribution in [2.75, 3.05) is 13.2 Å². The van der Waals surface area contributed by atoms with Gasteiger partial charge in [-0.2, -0.15) is 0 Å². The zero-order valence-electron chi connectivity index (χ0n) is 9.72. The van der Waals surface area contributed by atoms with Gasteiger partial charge in [-0.05, 0) is 12.8 Å². The molecule has 0 aliphatic heterocycles. The molecule has 6 nitrogen and oxygen atoms in total. The van der Waals surface area contributed by atoms with E-state index in [1.54, 1.807) is 0 Å². The highest BCUT2D eigenvalue weighted by atomic mass is 16.5. The number of ether oxygens (including phenoxy) is 1. The number of aliphatic carboxylic acids is 1. The van der Waals surface area contributed by atoms with E-state index in [1.807, 2.05) is 0 Å². The van der Waals surface area contributed by atoms with Gasteiger partial charge in [0.05, 0.1) is 12.1 Å². The largest absolute Gasteiger partial charge is 0.480 e. The first-order valence-electron chi connectivity index (χ1n) is 5.86. The van der Waals surface area contributed by atoms with Crippen LogP contribution in [0.4, 0.5) is 0 Å². The number of nitrogens with one attached hydrogen (secondary N) is 1. The van der Waals surface area contributed by atoms with E-state index in [0.717, 1.165) is 25.7 Å². The maximum absolute atomic E-state index is 11.4. The summed E-state index contributed by atoms with van der Waals surface area (Å²) >= 11 is 0. The maximum Gasteiger partial charge on any atom is 0.329 e. The second-order valence-corrected chi connectivity index (χ2v) is 4.27. The predicted molar refractivity (Wildman–Crippen MR) is 59.5 cm³/mol. The summed E-state index contributed by atoms with van der Waals surface area (Å²) in [7, 11) is 0. The molecule has 0 aromatic carbocycles. The van der Waals surface area contributed by atoms with E-state index in [2.05, 4.69) is 10.1 Å². The third-order valence-corrected chi connectivity index (χ3v) is 2.78. The number of hydrogen-bond donors (Lipinski definition) is 3. The summed E-state index contributed by atoms with van der Waals surface area (Å²) in [5.41, 5.74) is 0. The molecule has 1 amide bonds. The second kappa shape index (κ2) is 7.24. The van der Waals surface area contributed by atoms with Gasteiger partial charge in [-0.1, -0.05) is 19.3 Å². The van der Waals surface area contributed by atoms with Crippen LogP contribution in [-0.4, -0.2) is 47.4 Å². The molecule has 1 aliphatic rings. The molecule has 2 atom stereocenters. The number of aliphatic hydroxyl groups excluding tert-OH is 1. The Hall–Kier alpha value is -1.14.